The van der Waals surface area contributed by atoms with Gasteiger partial charge in [-0.2, -0.15) is 0 Å². The van der Waals surface area contributed by atoms with Crippen molar-refractivity contribution in [2.24, 2.45) is 5.92 Å². The highest BCUT2D eigenvalue weighted by Gasteiger charge is 2.43. The predicted molar refractivity (Wildman–Crippen MR) is 70.2 cm³/mol. The van der Waals surface area contributed by atoms with E-state index in [4.69, 9.17) is 0 Å². The van der Waals surface area contributed by atoms with Crippen LogP contribution in [0.3, 0.4) is 0 Å². The van der Waals surface area contributed by atoms with Gasteiger partial charge in [-0.05, 0) is 30.0 Å². The summed E-state index contributed by atoms with van der Waals surface area (Å²) in [7, 11) is 0. The molecule has 1 aromatic carbocycles. The molecule has 3 nitrogen and oxygen atoms in total. The minimum absolute atomic E-state index is 0.0943. The van der Waals surface area contributed by atoms with Crippen LogP contribution in [-0.2, 0) is 4.79 Å². The Labute approximate surface area is 106 Å². The van der Waals surface area contributed by atoms with Crippen LogP contribution in [-0.4, -0.2) is 10.9 Å². The summed E-state index contributed by atoms with van der Waals surface area (Å²) in [5.41, 5.74) is 2.02. The molecule has 0 saturated heterocycles. The summed E-state index contributed by atoms with van der Waals surface area (Å²) in [6.45, 7) is 0. The normalized spacial score (nSPS) is 21.3. The van der Waals surface area contributed by atoms with E-state index in [-0.39, 0.29) is 11.8 Å². The maximum Gasteiger partial charge on any atom is 0.228 e. The zero-order valence-corrected chi connectivity index (χ0v) is 9.91. The topological polar surface area (TPSA) is 42.0 Å². The van der Waals surface area contributed by atoms with Crippen LogP contribution in [0, 0.1) is 5.92 Å². The van der Waals surface area contributed by atoms with Crippen molar-refractivity contribution in [1.82, 2.24) is 4.98 Å². The molecule has 1 heterocycles. The second kappa shape index (κ2) is 4.61. The molecule has 90 valence electrons. The highest BCUT2D eigenvalue weighted by Crippen LogP contribution is 2.47. The molecule has 1 aliphatic carbocycles. The van der Waals surface area contributed by atoms with E-state index >= 15 is 0 Å². The van der Waals surface area contributed by atoms with Crippen molar-refractivity contribution in [2.45, 2.75) is 12.3 Å². The van der Waals surface area contributed by atoms with Crippen LogP contribution in [0.5, 0.6) is 0 Å². The lowest BCUT2D eigenvalue weighted by Crippen LogP contribution is -2.14. The number of aromatic nitrogens is 1. The van der Waals surface area contributed by atoms with Gasteiger partial charge in [0, 0.05) is 12.1 Å². The average Bonchev–Trinajstić information content (AvgIpc) is 3.21. The van der Waals surface area contributed by atoms with Gasteiger partial charge in [-0.15, -0.1) is 0 Å². The Balaban J connectivity index is 1.63. The lowest BCUT2D eigenvalue weighted by atomic mass is 10.1. The number of benzene rings is 1. The summed E-state index contributed by atoms with van der Waals surface area (Å²) in [6, 6.07) is 13.9. The Morgan fingerprint density at radius 2 is 2.00 bits per heavy atom. The van der Waals surface area contributed by atoms with Crippen molar-refractivity contribution < 1.29 is 4.79 Å². The molecular formula is C15H14N2O. The van der Waals surface area contributed by atoms with Gasteiger partial charge >= 0.3 is 0 Å². The number of anilines is 1. The number of carbonyl (C=O) groups is 1. The van der Waals surface area contributed by atoms with Gasteiger partial charge in [-0.3, -0.25) is 9.78 Å². The van der Waals surface area contributed by atoms with E-state index < -0.39 is 0 Å². The molecule has 0 bridgehead atoms. The Morgan fingerprint density at radius 3 is 2.72 bits per heavy atom. The van der Waals surface area contributed by atoms with Gasteiger partial charge < -0.3 is 5.32 Å². The third-order valence-electron chi connectivity index (χ3n) is 3.28. The summed E-state index contributed by atoms with van der Waals surface area (Å²) in [4.78, 5) is 16.0. The lowest BCUT2D eigenvalue weighted by Gasteiger charge is -2.04. The van der Waals surface area contributed by atoms with Crippen molar-refractivity contribution in [2.75, 3.05) is 5.32 Å². The highest BCUT2D eigenvalue weighted by atomic mass is 16.2. The molecule has 3 rings (SSSR count). The van der Waals surface area contributed by atoms with Crippen LogP contribution in [0.1, 0.15) is 17.9 Å². The molecule has 1 fully saturated rings. The van der Waals surface area contributed by atoms with E-state index in [1.165, 1.54) is 5.56 Å². The minimum atomic E-state index is 0.0943. The van der Waals surface area contributed by atoms with Crippen LogP contribution >= 0.6 is 0 Å². The molecule has 1 N–H and O–H groups in total. The second-order valence-corrected chi connectivity index (χ2v) is 4.59. The van der Waals surface area contributed by atoms with Gasteiger partial charge in [-0.25, -0.2) is 0 Å². The van der Waals surface area contributed by atoms with E-state index in [0.717, 1.165) is 12.1 Å². The van der Waals surface area contributed by atoms with Crippen molar-refractivity contribution in [3.8, 4) is 0 Å². The fourth-order valence-electron chi connectivity index (χ4n) is 2.23. The van der Waals surface area contributed by atoms with Crippen LogP contribution in [0.15, 0.2) is 54.9 Å². The van der Waals surface area contributed by atoms with Gasteiger partial charge in [-0.1, -0.05) is 30.3 Å². The van der Waals surface area contributed by atoms with Gasteiger partial charge in [0.2, 0.25) is 5.91 Å². The first-order valence-electron chi connectivity index (χ1n) is 6.10. The zero-order chi connectivity index (χ0) is 12.4. The van der Waals surface area contributed by atoms with Crippen LogP contribution < -0.4 is 5.32 Å². The van der Waals surface area contributed by atoms with E-state index in [9.17, 15) is 4.79 Å². The van der Waals surface area contributed by atoms with Gasteiger partial charge in [0.15, 0.2) is 0 Å². The molecule has 0 aliphatic heterocycles. The largest absolute Gasteiger partial charge is 0.324 e. The predicted octanol–water partition coefficient (Wildman–Crippen LogP) is 2.82. The highest BCUT2D eigenvalue weighted by molar-refractivity contribution is 5.95. The van der Waals surface area contributed by atoms with Gasteiger partial charge in [0.1, 0.15) is 0 Å². The van der Waals surface area contributed by atoms with Crippen LogP contribution in [0.4, 0.5) is 5.69 Å². The number of nitrogens with one attached hydrogen (secondary N) is 1. The first-order valence-corrected chi connectivity index (χ1v) is 6.10. The molecule has 3 heteroatoms. The standard InChI is InChI=1S/C15H14N2O/c18-15(17-12-7-4-8-16-10-12)14-9-13(14)11-5-2-1-3-6-11/h1-8,10,13-14H,9H2,(H,17,18). The SMILES string of the molecule is O=C(Nc1cccnc1)C1CC1c1ccccc1. The van der Waals surface area contributed by atoms with Crippen molar-refractivity contribution in [3.05, 3.63) is 60.4 Å². The maximum atomic E-state index is 12.0. The summed E-state index contributed by atoms with van der Waals surface area (Å²) in [5, 5.41) is 2.90. The molecular weight excluding hydrogens is 224 g/mol. The quantitative estimate of drug-likeness (QED) is 0.893. The van der Waals surface area contributed by atoms with Crippen molar-refractivity contribution >= 4 is 11.6 Å². The molecule has 1 amide bonds. The molecule has 1 saturated carbocycles. The van der Waals surface area contributed by atoms with Gasteiger partial charge in [0.25, 0.3) is 0 Å². The second-order valence-electron chi connectivity index (χ2n) is 4.59. The fourth-order valence-corrected chi connectivity index (χ4v) is 2.23. The number of carbonyl (C=O) groups excluding carboxylic acids is 1. The molecule has 18 heavy (non-hydrogen) atoms. The molecule has 2 atom stereocenters. The number of hydrogen-bond donors (Lipinski definition) is 1. The van der Waals surface area contributed by atoms with E-state index in [0.29, 0.717) is 5.92 Å². The number of rotatable bonds is 3. The first-order chi connectivity index (χ1) is 8.84. The Hall–Kier alpha value is -2.16. The summed E-state index contributed by atoms with van der Waals surface area (Å²) < 4.78 is 0. The minimum Gasteiger partial charge on any atom is -0.324 e. The van der Waals surface area contributed by atoms with E-state index in [2.05, 4.69) is 22.4 Å². The van der Waals surface area contributed by atoms with Crippen molar-refractivity contribution in [1.29, 1.82) is 0 Å². The summed E-state index contributed by atoms with van der Waals surface area (Å²) in [5.74, 6) is 0.576. The van der Waals surface area contributed by atoms with Crippen LogP contribution in [0.25, 0.3) is 0 Å². The first kappa shape index (κ1) is 11.0. The molecule has 2 unspecified atom stereocenters. The summed E-state index contributed by atoms with van der Waals surface area (Å²) >= 11 is 0. The fraction of sp³-hybridized carbons (Fsp3) is 0.200. The molecule has 1 aliphatic rings. The van der Waals surface area contributed by atoms with E-state index in [1.807, 2.05) is 30.3 Å². The van der Waals surface area contributed by atoms with E-state index in [1.54, 1.807) is 12.4 Å². The Morgan fingerprint density at radius 1 is 1.17 bits per heavy atom. The molecule has 0 radical (unpaired) electrons. The number of hydrogen-bond acceptors (Lipinski definition) is 2. The average molecular weight is 238 g/mol. The number of nitrogens with zero attached hydrogens (tertiary/aromatic N) is 1. The number of amides is 1. The Kier molecular flexibility index (Phi) is 2.81. The molecule has 1 aromatic heterocycles. The lowest BCUT2D eigenvalue weighted by molar-refractivity contribution is -0.117. The maximum absolute atomic E-state index is 12.0. The third kappa shape index (κ3) is 2.25. The molecule has 0 spiro atoms. The smallest absolute Gasteiger partial charge is 0.228 e. The Bertz CT molecular complexity index is 539. The zero-order valence-electron chi connectivity index (χ0n) is 9.91. The van der Waals surface area contributed by atoms with Gasteiger partial charge in [0.05, 0.1) is 11.9 Å². The third-order valence-corrected chi connectivity index (χ3v) is 3.28. The number of pyridine rings is 1. The summed E-state index contributed by atoms with van der Waals surface area (Å²) in [6.07, 6.45) is 4.30. The molecule has 2 aromatic rings. The van der Waals surface area contributed by atoms with Crippen molar-refractivity contribution in [3.63, 3.8) is 0 Å². The monoisotopic (exact) mass is 238 g/mol. The van der Waals surface area contributed by atoms with Crippen LogP contribution in [0.2, 0.25) is 0 Å².